The Morgan fingerprint density at radius 1 is 1.22 bits per heavy atom. The van der Waals surface area contributed by atoms with Crippen LogP contribution in [-0.4, -0.2) is 19.5 Å². The van der Waals surface area contributed by atoms with Crippen LogP contribution in [0.5, 0.6) is 11.5 Å². The first-order chi connectivity index (χ1) is 8.38. The first kappa shape index (κ1) is 14.6. The number of Topliss-reactive ketones (excluding diaryl/α,β-unsaturated/α-hetero) is 1. The Hall–Kier alpha value is -1.51. The van der Waals surface area contributed by atoms with Crippen molar-refractivity contribution in [2.24, 2.45) is 5.41 Å². The zero-order valence-corrected chi connectivity index (χ0v) is 11.9. The fourth-order valence-corrected chi connectivity index (χ4v) is 1.41. The summed E-state index contributed by atoms with van der Waals surface area (Å²) in [6, 6.07) is 5.78. The van der Waals surface area contributed by atoms with Crippen molar-refractivity contribution in [2.45, 2.75) is 34.1 Å². The van der Waals surface area contributed by atoms with Crippen LogP contribution in [0.1, 0.15) is 33.3 Å². The molecule has 0 aliphatic carbocycles. The molecule has 0 unspecified atom stereocenters. The third-order valence-corrected chi connectivity index (χ3v) is 2.83. The van der Waals surface area contributed by atoms with Gasteiger partial charge in [0, 0.05) is 5.41 Å². The Kier molecular flexibility index (Phi) is 4.76. The van der Waals surface area contributed by atoms with Gasteiger partial charge in [-0.05, 0) is 24.1 Å². The highest BCUT2D eigenvalue weighted by atomic mass is 16.5. The minimum Gasteiger partial charge on any atom is -0.493 e. The molecule has 0 aliphatic rings. The summed E-state index contributed by atoms with van der Waals surface area (Å²) in [5, 5.41) is 0. The van der Waals surface area contributed by atoms with Gasteiger partial charge in [-0.3, -0.25) is 4.79 Å². The van der Waals surface area contributed by atoms with Crippen molar-refractivity contribution in [1.82, 2.24) is 0 Å². The number of hydrogen-bond acceptors (Lipinski definition) is 3. The van der Waals surface area contributed by atoms with Gasteiger partial charge in [-0.15, -0.1) is 0 Å². The molecule has 3 nitrogen and oxygen atoms in total. The third-order valence-electron chi connectivity index (χ3n) is 2.83. The van der Waals surface area contributed by atoms with E-state index in [9.17, 15) is 4.79 Å². The smallest absolute Gasteiger partial charge is 0.175 e. The van der Waals surface area contributed by atoms with E-state index in [0.717, 1.165) is 6.42 Å². The molecule has 0 N–H and O–H groups in total. The van der Waals surface area contributed by atoms with Crippen LogP contribution in [0.25, 0.3) is 0 Å². The minimum absolute atomic E-state index is 0.0733. The second kappa shape index (κ2) is 5.89. The van der Waals surface area contributed by atoms with Gasteiger partial charge in [-0.25, -0.2) is 0 Å². The van der Waals surface area contributed by atoms with Crippen molar-refractivity contribution < 1.29 is 14.3 Å². The Labute approximate surface area is 109 Å². The fraction of sp³-hybridized carbons (Fsp3) is 0.533. The molecule has 0 spiro atoms. The van der Waals surface area contributed by atoms with Gasteiger partial charge in [0.2, 0.25) is 0 Å². The number of hydrogen-bond donors (Lipinski definition) is 0. The van der Waals surface area contributed by atoms with Crippen LogP contribution in [0.3, 0.4) is 0 Å². The summed E-state index contributed by atoms with van der Waals surface area (Å²) in [5.74, 6) is 1.37. The molecular weight excluding hydrogens is 228 g/mol. The van der Waals surface area contributed by atoms with Crippen molar-refractivity contribution in [2.75, 3.05) is 13.7 Å². The number of methoxy groups -OCH3 is 1. The summed E-state index contributed by atoms with van der Waals surface area (Å²) < 4.78 is 10.8. The Morgan fingerprint density at radius 3 is 2.39 bits per heavy atom. The first-order valence-corrected chi connectivity index (χ1v) is 6.21. The molecule has 0 bridgehead atoms. The highest BCUT2D eigenvalue weighted by Crippen LogP contribution is 2.28. The quantitative estimate of drug-likeness (QED) is 0.804. The van der Waals surface area contributed by atoms with Crippen LogP contribution in [0.4, 0.5) is 0 Å². The van der Waals surface area contributed by atoms with Gasteiger partial charge >= 0.3 is 0 Å². The van der Waals surface area contributed by atoms with Crippen molar-refractivity contribution in [1.29, 1.82) is 0 Å². The van der Waals surface area contributed by atoms with E-state index in [1.165, 1.54) is 5.56 Å². The van der Waals surface area contributed by atoms with Crippen LogP contribution >= 0.6 is 0 Å². The monoisotopic (exact) mass is 250 g/mol. The second-order valence-corrected chi connectivity index (χ2v) is 5.30. The summed E-state index contributed by atoms with van der Waals surface area (Å²) in [6.45, 7) is 7.81. The van der Waals surface area contributed by atoms with E-state index in [2.05, 4.69) is 6.92 Å². The lowest BCUT2D eigenvalue weighted by atomic mass is 9.91. The molecule has 100 valence electrons. The van der Waals surface area contributed by atoms with Gasteiger partial charge in [0.25, 0.3) is 0 Å². The molecule has 0 saturated heterocycles. The van der Waals surface area contributed by atoms with E-state index in [1.807, 2.05) is 39.0 Å². The van der Waals surface area contributed by atoms with Crippen molar-refractivity contribution >= 4 is 5.78 Å². The van der Waals surface area contributed by atoms with E-state index < -0.39 is 0 Å². The Balaban J connectivity index is 2.76. The van der Waals surface area contributed by atoms with E-state index >= 15 is 0 Å². The maximum absolute atomic E-state index is 11.8. The van der Waals surface area contributed by atoms with Crippen molar-refractivity contribution in [3.63, 3.8) is 0 Å². The predicted octanol–water partition coefficient (Wildman–Crippen LogP) is 3.25. The summed E-state index contributed by atoms with van der Waals surface area (Å²) in [5.41, 5.74) is 0.803. The molecule has 0 aliphatic heterocycles. The topological polar surface area (TPSA) is 35.5 Å². The highest BCUT2D eigenvalue weighted by molar-refractivity contribution is 5.85. The van der Waals surface area contributed by atoms with Crippen LogP contribution < -0.4 is 9.47 Å². The molecule has 3 heteroatoms. The van der Waals surface area contributed by atoms with Gasteiger partial charge in [0.15, 0.2) is 17.3 Å². The predicted molar refractivity (Wildman–Crippen MR) is 72.3 cm³/mol. The van der Waals surface area contributed by atoms with Gasteiger partial charge in [0.05, 0.1) is 7.11 Å². The third kappa shape index (κ3) is 3.76. The zero-order chi connectivity index (χ0) is 13.8. The number of rotatable bonds is 5. The molecule has 0 atom stereocenters. The second-order valence-electron chi connectivity index (χ2n) is 5.30. The molecule has 0 heterocycles. The molecular formula is C15H22O3. The maximum Gasteiger partial charge on any atom is 0.175 e. The number of ether oxygens (including phenoxy) is 2. The molecule has 1 aromatic rings. The molecule has 18 heavy (non-hydrogen) atoms. The SMILES string of the molecule is CCc1ccc(OCC(=O)C(C)(C)C)c(OC)c1. The summed E-state index contributed by atoms with van der Waals surface area (Å²) in [7, 11) is 1.60. The van der Waals surface area contributed by atoms with Crippen molar-refractivity contribution in [3.8, 4) is 11.5 Å². The van der Waals surface area contributed by atoms with Crippen molar-refractivity contribution in [3.05, 3.63) is 23.8 Å². The lowest BCUT2D eigenvalue weighted by molar-refractivity contribution is -0.128. The number of benzene rings is 1. The molecule has 1 rings (SSSR count). The van der Waals surface area contributed by atoms with Gasteiger partial charge in [-0.2, -0.15) is 0 Å². The Morgan fingerprint density at radius 2 is 1.89 bits per heavy atom. The number of carbonyl (C=O) groups excluding carboxylic acids is 1. The van der Waals surface area contributed by atoms with E-state index in [0.29, 0.717) is 11.5 Å². The first-order valence-electron chi connectivity index (χ1n) is 6.21. The lowest BCUT2D eigenvalue weighted by Gasteiger charge is -2.17. The largest absolute Gasteiger partial charge is 0.493 e. The molecule has 0 amide bonds. The highest BCUT2D eigenvalue weighted by Gasteiger charge is 2.22. The zero-order valence-electron chi connectivity index (χ0n) is 11.9. The minimum atomic E-state index is -0.378. The maximum atomic E-state index is 11.8. The number of ketones is 1. The molecule has 0 aromatic heterocycles. The van der Waals surface area contributed by atoms with Crippen LogP contribution in [0.15, 0.2) is 18.2 Å². The van der Waals surface area contributed by atoms with Crippen LogP contribution in [-0.2, 0) is 11.2 Å². The lowest BCUT2D eigenvalue weighted by Crippen LogP contribution is -2.26. The van der Waals surface area contributed by atoms with E-state index in [-0.39, 0.29) is 17.8 Å². The van der Waals surface area contributed by atoms with Gasteiger partial charge in [-0.1, -0.05) is 33.8 Å². The number of aryl methyl sites for hydroxylation is 1. The number of carbonyl (C=O) groups is 1. The normalized spacial score (nSPS) is 11.2. The molecule has 0 radical (unpaired) electrons. The fourth-order valence-electron chi connectivity index (χ4n) is 1.41. The van der Waals surface area contributed by atoms with Crippen LogP contribution in [0, 0.1) is 5.41 Å². The summed E-state index contributed by atoms with van der Waals surface area (Å²) in [6.07, 6.45) is 0.942. The average Bonchev–Trinajstić information content (AvgIpc) is 2.34. The summed E-state index contributed by atoms with van der Waals surface area (Å²) >= 11 is 0. The molecule has 0 fully saturated rings. The van der Waals surface area contributed by atoms with Gasteiger partial charge < -0.3 is 9.47 Å². The molecule has 0 saturated carbocycles. The summed E-state index contributed by atoms with van der Waals surface area (Å²) in [4.78, 5) is 11.8. The molecule has 1 aromatic carbocycles. The van der Waals surface area contributed by atoms with Crippen LogP contribution in [0.2, 0.25) is 0 Å². The standard InChI is InChI=1S/C15H22O3/c1-6-11-7-8-12(13(9-11)17-5)18-10-14(16)15(2,3)4/h7-9H,6,10H2,1-5H3. The van der Waals surface area contributed by atoms with E-state index in [4.69, 9.17) is 9.47 Å². The van der Waals surface area contributed by atoms with Gasteiger partial charge in [0.1, 0.15) is 6.61 Å². The Bertz CT molecular complexity index is 416. The average molecular weight is 250 g/mol. The van der Waals surface area contributed by atoms with E-state index in [1.54, 1.807) is 7.11 Å².